The number of hydrogen-bond acceptors (Lipinski definition) is 3. The predicted octanol–water partition coefficient (Wildman–Crippen LogP) is 4.90. The van der Waals surface area contributed by atoms with Crippen LogP contribution < -0.4 is 11.1 Å². The largest absolute Gasteiger partial charge is 0.365 e. The van der Waals surface area contributed by atoms with Crippen LogP contribution in [0.2, 0.25) is 5.02 Å². The van der Waals surface area contributed by atoms with Gasteiger partial charge in [-0.05, 0) is 60.4 Å². The lowest BCUT2D eigenvalue weighted by molar-refractivity contribution is 0.1000. The number of rotatable bonds is 3. The van der Waals surface area contributed by atoms with Gasteiger partial charge in [-0.2, -0.15) is 0 Å². The lowest BCUT2D eigenvalue weighted by Crippen LogP contribution is -2.27. The van der Waals surface area contributed by atoms with E-state index in [9.17, 15) is 9.59 Å². The van der Waals surface area contributed by atoms with Crippen LogP contribution in [0.15, 0.2) is 24.3 Å². The third-order valence-corrected chi connectivity index (χ3v) is 6.49. The van der Waals surface area contributed by atoms with Gasteiger partial charge in [-0.3, -0.25) is 9.59 Å². The molecule has 1 aromatic carbocycles. The summed E-state index contributed by atoms with van der Waals surface area (Å²) in [6, 6.07) is 6.65. The maximum Gasteiger partial charge on any atom is 0.256 e. The molecule has 0 saturated carbocycles. The minimum absolute atomic E-state index is 0.210. The van der Waals surface area contributed by atoms with Crippen LogP contribution in [0, 0.1) is 11.3 Å². The van der Waals surface area contributed by atoms with Gasteiger partial charge < -0.3 is 11.1 Å². The van der Waals surface area contributed by atoms with Crippen molar-refractivity contribution in [2.75, 3.05) is 5.32 Å². The van der Waals surface area contributed by atoms with E-state index < -0.39 is 5.91 Å². The van der Waals surface area contributed by atoms with Crippen LogP contribution in [-0.2, 0) is 12.8 Å². The zero-order chi connectivity index (χ0) is 19.1. The summed E-state index contributed by atoms with van der Waals surface area (Å²) in [5, 5.41) is 4.00. The maximum absolute atomic E-state index is 12.5. The van der Waals surface area contributed by atoms with Crippen molar-refractivity contribution in [2.24, 2.45) is 17.1 Å². The van der Waals surface area contributed by atoms with Crippen LogP contribution in [-0.4, -0.2) is 11.8 Å². The Morgan fingerprint density at radius 1 is 1.23 bits per heavy atom. The summed E-state index contributed by atoms with van der Waals surface area (Å²) < 4.78 is 0. The summed E-state index contributed by atoms with van der Waals surface area (Å²) in [7, 11) is 0. The molecule has 1 heterocycles. The minimum Gasteiger partial charge on any atom is -0.365 e. The van der Waals surface area contributed by atoms with Crippen molar-refractivity contribution in [3.05, 3.63) is 50.9 Å². The molecule has 138 valence electrons. The third kappa shape index (κ3) is 3.79. The molecule has 1 aromatic heterocycles. The number of amides is 2. The molecule has 1 unspecified atom stereocenters. The van der Waals surface area contributed by atoms with Crippen molar-refractivity contribution in [2.45, 2.75) is 40.0 Å². The van der Waals surface area contributed by atoms with Crippen LogP contribution >= 0.6 is 22.9 Å². The van der Waals surface area contributed by atoms with E-state index in [0.717, 1.165) is 29.7 Å². The molecule has 0 radical (unpaired) electrons. The van der Waals surface area contributed by atoms with Gasteiger partial charge in [0.15, 0.2) is 0 Å². The molecule has 1 aliphatic carbocycles. The first-order valence-electron chi connectivity index (χ1n) is 8.68. The highest BCUT2D eigenvalue weighted by molar-refractivity contribution is 7.17. The van der Waals surface area contributed by atoms with E-state index in [4.69, 9.17) is 17.3 Å². The highest BCUT2D eigenvalue weighted by Gasteiger charge is 2.33. The fraction of sp³-hybridized carbons (Fsp3) is 0.400. The van der Waals surface area contributed by atoms with Crippen LogP contribution in [0.25, 0.3) is 0 Å². The molecular formula is C20H23ClN2O2S. The zero-order valence-corrected chi connectivity index (χ0v) is 16.8. The molecule has 0 bridgehead atoms. The summed E-state index contributed by atoms with van der Waals surface area (Å²) in [4.78, 5) is 25.8. The summed E-state index contributed by atoms with van der Waals surface area (Å²) in [5.74, 6) is -0.201. The van der Waals surface area contributed by atoms with Gasteiger partial charge in [0.05, 0.1) is 5.56 Å². The average molecular weight is 391 g/mol. The van der Waals surface area contributed by atoms with Crippen molar-refractivity contribution < 1.29 is 9.59 Å². The average Bonchev–Trinajstić information content (AvgIpc) is 2.91. The van der Waals surface area contributed by atoms with Gasteiger partial charge in [0.1, 0.15) is 5.00 Å². The highest BCUT2D eigenvalue weighted by Crippen LogP contribution is 2.44. The second kappa shape index (κ2) is 7.05. The molecule has 0 aliphatic heterocycles. The number of benzene rings is 1. The molecule has 0 saturated heterocycles. The molecule has 26 heavy (non-hydrogen) atoms. The van der Waals surface area contributed by atoms with Crippen molar-refractivity contribution in [3.63, 3.8) is 0 Å². The van der Waals surface area contributed by atoms with Crippen LogP contribution in [0.4, 0.5) is 5.00 Å². The molecule has 4 nitrogen and oxygen atoms in total. The van der Waals surface area contributed by atoms with Crippen molar-refractivity contribution in [1.29, 1.82) is 0 Å². The minimum atomic E-state index is -0.483. The second-order valence-corrected chi connectivity index (χ2v) is 9.38. The highest BCUT2D eigenvalue weighted by atomic mass is 35.5. The number of primary amides is 1. The summed E-state index contributed by atoms with van der Waals surface area (Å²) in [6.45, 7) is 6.73. The standard InChI is InChI=1S/C20H23ClN2O2S/c1-20(2,3)12-6-9-14-15(10-12)26-19(16(14)17(22)24)23-18(25)11-4-7-13(21)8-5-11/h4-5,7-8,12H,6,9-10H2,1-3H3,(H2,22,24)(H,23,25). The first kappa shape index (κ1) is 18.9. The number of nitrogens with two attached hydrogens (primary N) is 1. The SMILES string of the molecule is CC(C)(C)C1CCc2c(sc(NC(=O)c3ccc(Cl)cc3)c2C(N)=O)C1. The second-order valence-electron chi connectivity index (χ2n) is 7.84. The Labute approximate surface area is 162 Å². The Morgan fingerprint density at radius 2 is 1.88 bits per heavy atom. The van der Waals surface area contributed by atoms with Crippen molar-refractivity contribution >= 4 is 39.8 Å². The Balaban J connectivity index is 1.91. The van der Waals surface area contributed by atoms with Gasteiger partial charge in [-0.25, -0.2) is 0 Å². The zero-order valence-electron chi connectivity index (χ0n) is 15.2. The molecule has 2 amide bonds. The quantitative estimate of drug-likeness (QED) is 0.781. The number of hydrogen-bond donors (Lipinski definition) is 2. The lowest BCUT2D eigenvalue weighted by atomic mass is 9.72. The van der Waals surface area contributed by atoms with Crippen molar-refractivity contribution in [1.82, 2.24) is 0 Å². The number of carbonyl (C=O) groups excluding carboxylic acids is 2. The molecule has 6 heteroatoms. The van der Waals surface area contributed by atoms with E-state index in [-0.39, 0.29) is 11.3 Å². The Kier molecular flexibility index (Phi) is 5.13. The molecule has 1 atom stereocenters. The van der Waals surface area contributed by atoms with Gasteiger partial charge in [0.25, 0.3) is 11.8 Å². The van der Waals surface area contributed by atoms with Gasteiger partial charge in [0.2, 0.25) is 0 Å². The lowest BCUT2D eigenvalue weighted by Gasteiger charge is -2.33. The van der Waals surface area contributed by atoms with Crippen LogP contribution in [0.5, 0.6) is 0 Å². The third-order valence-electron chi connectivity index (χ3n) is 5.07. The van der Waals surface area contributed by atoms with Gasteiger partial charge in [-0.15, -0.1) is 11.3 Å². The van der Waals surface area contributed by atoms with E-state index in [2.05, 4.69) is 26.1 Å². The Morgan fingerprint density at radius 3 is 2.46 bits per heavy atom. The molecule has 1 aliphatic rings. The van der Waals surface area contributed by atoms with Gasteiger partial charge in [0, 0.05) is 15.5 Å². The normalized spacial score (nSPS) is 16.8. The number of anilines is 1. The van der Waals surface area contributed by atoms with E-state index in [1.165, 1.54) is 11.3 Å². The molecule has 0 fully saturated rings. The molecule has 2 aromatic rings. The topological polar surface area (TPSA) is 72.2 Å². The fourth-order valence-electron chi connectivity index (χ4n) is 3.45. The summed E-state index contributed by atoms with van der Waals surface area (Å²) >= 11 is 7.35. The number of nitrogens with one attached hydrogen (secondary N) is 1. The number of fused-ring (bicyclic) bond motifs is 1. The van der Waals surface area contributed by atoms with E-state index in [0.29, 0.717) is 27.1 Å². The molecule has 0 spiro atoms. The predicted molar refractivity (Wildman–Crippen MR) is 107 cm³/mol. The van der Waals surface area contributed by atoms with E-state index in [1.807, 2.05) is 0 Å². The van der Waals surface area contributed by atoms with Gasteiger partial charge in [-0.1, -0.05) is 32.4 Å². The van der Waals surface area contributed by atoms with Crippen molar-refractivity contribution in [3.8, 4) is 0 Å². The number of halogens is 1. The molecule has 3 N–H and O–H groups in total. The van der Waals surface area contributed by atoms with Gasteiger partial charge >= 0.3 is 0 Å². The fourth-order valence-corrected chi connectivity index (χ4v) is 4.90. The number of thiophene rings is 1. The summed E-state index contributed by atoms with van der Waals surface area (Å²) in [5.41, 5.74) is 7.82. The number of carbonyl (C=O) groups is 2. The first-order valence-corrected chi connectivity index (χ1v) is 9.87. The monoisotopic (exact) mass is 390 g/mol. The molecule has 3 rings (SSSR count). The Hall–Kier alpha value is -1.85. The Bertz CT molecular complexity index is 850. The smallest absolute Gasteiger partial charge is 0.256 e. The van der Waals surface area contributed by atoms with E-state index in [1.54, 1.807) is 24.3 Å². The summed E-state index contributed by atoms with van der Waals surface area (Å²) in [6.07, 6.45) is 2.77. The first-order chi connectivity index (χ1) is 12.2. The maximum atomic E-state index is 12.5. The van der Waals surface area contributed by atoms with Crippen LogP contribution in [0.1, 0.15) is 58.3 Å². The van der Waals surface area contributed by atoms with Crippen LogP contribution in [0.3, 0.4) is 0 Å². The molecular weight excluding hydrogens is 368 g/mol. The van der Waals surface area contributed by atoms with E-state index >= 15 is 0 Å².